The maximum atomic E-state index is 12.3. The lowest BCUT2D eigenvalue weighted by Gasteiger charge is -2.10. The molecule has 0 radical (unpaired) electrons. The maximum absolute atomic E-state index is 12.3. The molecule has 0 saturated carbocycles. The van der Waals surface area contributed by atoms with Crippen molar-refractivity contribution in [2.45, 2.75) is 13.8 Å². The summed E-state index contributed by atoms with van der Waals surface area (Å²) in [5.74, 6) is 0.0328. The third kappa shape index (κ3) is 3.93. The van der Waals surface area contributed by atoms with Gasteiger partial charge in [0, 0.05) is 11.9 Å². The molecule has 2 aromatic carbocycles. The van der Waals surface area contributed by atoms with E-state index in [-0.39, 0.29) is 5.57 Å². The highest BCUT2D eigenvalue weighted by molar-refractivity contribution is 6.07. The Morgan fingerprint density at radius 3 is 2.54 bits per heavy atom. The summed E-state index contributed by atoms with van der Waals surface area (Å²) in [6, 6.07) is 14.8. The van der Waals surface area contributed by atoms with Crippen LogP contribution in [0.1, 0.15) is 11.1 Å². The Kier molecular flexibility index (Phi) is 5.58. The number of methoxy groups -OCH3 is 1. The van der Waals surface area contributed by atoms with Crippen LogP contribution in [-0.4, -0.2) is 13.0 Å². The van der Waals surface area contributed by atoms with Gasteiger partial charge in [0.2, 0.25) is 0 Å². The summed E-state index contributed by atoms with van der Waals surface area (Å²) in [6.45, 7) is 3.98. The summed E-state index contributed by atoms with van der Waals surface area (Å²) in [7, 11) is 1.52. The Morgan fingerprint density at radius 2 is 1.83 bits per heavy atom. The molecule has 0 bridgehead atoms. The van der Waals surface area contributed by atoms with Crippen LogP contribution in [0.25, 0.3) is 0 Å². The van der Waals surface area contributed by atoms with Crippen molar-refractivity contribution in [3.8, 4) is 11.8 Å². The van der Waals surface area contributed by atoms with Crippen molar-refractivity contribution in [3.05, 3.63) is 65.4 Å². The number of aryl methyl sites for hydroxylation is 1. The van der Waals surface area contributed by atoms with E-state index in [0.717, 1.165) is 16.8 Å². The van der Waals surface area contributed by atoms with Gasteiger partial charge in [-0.1, -0.05) is 24.3 Å². The second-order valence-corrected chi connectivity index (χ2v) is 5.22. The third-order valence-corrected chi connectivity index (χ3v) is 3.70. The van der Waals surface area contributed by atoms with Gasteiger partial charge in [-0.25, -0.2) is 0 Å². The highest BCUT2D eigenvalue weighted by Gasteiger charge is 2.12. The molecule has 0 saturated heterocycles. The molecular formula is C19H19N3O2. The Balaban J connectivity index is 2.17. The zero-order valence-corrected chi connectivity index (χ0v) is 13.9. The second kappa shape index (κ2) is 7.84. The van der Waals surface area contributed by atoms with Gasteiger partial charge in [0.15, 0.2) is 0 Å². The van der Waals surface area contributed by atoms with Gasteiger partial charge in [-0.05, 0) is 43.2 Å². The molecule has 24 heavy (non-hydrogen) atoms. The van der Waals surface area contributed by atoms with Gasteiger partial charge in [-0.15, -0.1) is 0 Å². The third-order valence-electron chi connectivity index (χ3n) is 3.70. The fourth-order valence-electron chi connectivity index (χ4n) is 2.14. The van der Waals surface area contributed by atoms with Gasteiger partial charge in [0.05, 0.1) is 12.8 Å². The predicted octanol–water partition coefficient (Wildman–Crippen LogP) is 3.77. The molecule has 0 aliphatic rings. The molecule has 0 fully saturated rings. The SMILES string of the molecule is COc1ccccc1NC(=O)/C(C#N)=C\Nc1cccc(C)c1C. The van der Waals surface area contributed by atoms with Crippen LogP contribution in [0.3, 0.4) is 0 Å². The van der Waals surface area contributed by atoms with Crippen molar-refractivity contribution in [1.82, 2.24) is 0 Å². The summed E-state index contributed by atoms with van der Waals surface area (Å²) in [5, 5.41) is 15.0. The summed E-state index contributed by atoms with van der Waals surface area (Å²) in [4.78, 5) is 12.3. The molecule has 5 heteroatoms. The van der Waals surface area contributed by atoms with E-state index in [1.165, 1.54) is 13.3 Å². The Hall–Kier alpha value is -3.26. The van der Waals surface area contributed by atoms with Crippen LogP contribution >= 0.6 is 0 Å². The van der Waals surface area contributed by atoms with E-state index in [4.69, 9.17) is 4.74 Å². The average Bonchev–Trinajstić information content (AvgIpc) is 2.59. The topological polar surface area (TPSA) is 74.1 Å². The number of anilines is 2. The molecule has 122 valence electrons. The van der Waals surface area contributed by atoms with Gasteiger partial charge in [-0.3, -0.25) is 4.79 Å². The van der Waals surface area contributed by atoms with Gasteiger partial charge >= 0.3 is 0 Å². The largest absolute Gasteiger partial charge is 0.495 e. The molecule has 0 aliphatic carbocycles. The molecule has 2 N–H and O–H groups in total. The highest BCUT2D eigenvalue weighted by atomic mass is 16.5. The van der Waals surface area contributed by atoms with Gasteiger partial charge in [0.25, 0.3) is 5.91 Å². The number of hydrogen-bond acceptors (Lipinski definition) is 4. The molecule has 2 rings (SSSR count). The van der Waals surface area contributed by atoms with Gasteiger partial charge < -0.3 is 15.4 Å². The van der Waals surface area contributed by atoms with Crippen LogP contribution in [-0.2, 0) is 4.79 Å². The minimum Gasteiger partial charge on any atom is -0.495 e. The number of carbonyl (C=O) groups excluding carboxylic acids is 1. The van der Waals surface area contributed by atoms with Gasteiger partial charge in [0.1, 0.15) is 17.4 Å². The lowest BCUT2D eigenvalue weighted by molar-refractivity contribution is -0.112. The van der Waals surface area contributed by atoms with E-state index in [1.807, 2.05) is 38.1 Å². The van der Waals surface area contributed by atoms with E-state index in [2.05, 4.69) is 10.6 Å². The normalized spacial score (nSPS) is 10.7. The van der Waals surface area contributed by atoms with Crippen LogP contribution in [0.2, 0.25) is 0 Å². The molecule has 5 nitrogen and oxygen atoms in total. The van der Waals surface area contributed by atoms with E-state index < -0.39 is 5.91 Å². The van der Waals surface area contributed by atoms with Crippen LogP contribution in [0.15, 0.2) is 54.2 Å². The number of nitrogens with zero attached hydrogens (tertiary/aromatic N) is 1. The first-order chi connectivity index (χ1) is 11.6. The van der Waals surface area contributed by atoms with Crippen molar-refractivity contribution in [3.63, 3.8) is 0 Å². The van der Waals surface area contributed by atoms with Crippen LogP contribution in [0.4, 0.5) is 11.4 Å². The second-order valence-electron chi connectivity index (χ2n) is 5.22. The number of ether oxygens (including phenoxy) is 1. The fourth-order valence-corrected chi connectivity index (χ4v) is 2.14. The lowest BCUT2D eigenvalue weighted by atomic mass is 10.1. The smallest absolute Gasteiger partial charge is 0.267 e. The molecule has 0 atom stereocenters. The van der Waals surface area contributed by atoms with Crippen molar-refractivity contribution in [1.29, 1.82) is 5.26 Å². The standard InChI is InChI=1S/C19H19N3O2/c1-13-7-6-9-16(14(13)2)21-12-15(11-20)19(23)22-17-8-4-5-10-18(17)24-3/h4-10,12,21H,1-3H3,(H,22,23)/b15-12-. The Bertz CT molecular complexity index is 820. The molecule has 0 heterocycles. The fraction of sp³-hybridized carbons (Fsp3) is 0.158. The Morgan fingerprint density at radius 1 is 1.12 bits per heavy atom. The minimum atomic E-state index is -0.500. The first kappa shape index (κ1) is 17.1. The van der Waals surface area contributed by atoms with E-state index in [1.54, 1.807) is 24.3 Å². The molecule has 0 aromatic heterocycles. The van der Waals surface area contributed by atoms with Crippen molar-refractivity contribution < 1.29 is 9.53 Å². The van der Waals surface area contributed by atoms with E-state index in [9.17, 15) is 10.1 Å². The number of nitriles is 1. The number of nitrogens with one attached hydrogen (secondary N) is 2. The van der Waals surface area contributed by atoms with Gasteiger partial charge in [-0.2, -0.15) is 5.26 Å². The summed E-state index contributed by atoms with van der Waals surface area (Å²) < 4.78 is 5.19. The summed E-state index contributed by atoms with van der Waals surface area (Å²) >= 11 is 0. The lowest BCUT2D eigenvalue weighted by Crippen LogP contribution is -2.15. The number of carbonyl (C=O) groups is 1. The predicted molar refractivity (Wildman–Crippen MR) is 94.9 cm³/mol. The molecule has 0 aliphatic heterocycles. The zero-order chi connectivity index (χ0) is 17.5. The molecule has 0 unspecified atom stereocenters. The quantitative estimate of drug-likeness (QED) is 0.649. The first-order valence-corrected chi connectivity index (χ1v) is 7.44. The average molecular weight is 321 g/mol. The zero-order valence-electron chi connectivity index (χ0n) is 13.9. The molecule has 0 spiro atoms. The van der Waals surface area contributed by atoms with Crippen molar-refractivity contribution in [2.24, 2.45) is 0 Å². The van der Waals surface area contributed by atoms with E-state index >= 15 is 0 Å². The maximum Gasteiger partial charge on any atom is 0.267 e. The highest BCUT2D eigenvalue weighted by Crippen LogP contribution is 2.23. The minimum absolute atomic E-state index is 0.0261. The van der Waals surface area contributed by atoms with Crippen LogP contribution in [0.5, 0.6) is 5.75 Å². The van der Waals surface area contributed by atoms with Crippen LogP contribution in [0, 0.1) is 25.2 Å². The number of rotatable bonds is 5. The first-order valence-electron chi connectivity index (χ1n) is 7.44. The van der Waals surface area contributed by atoms with Crippen molar-refractivity contribution >= 4 is 17.3 Å². The number of hydrogen-bond donors (Lipinski definition) is 2. The summed E-state index contributed by atoms with van der Waals surface area (Å²) in [6.07, 6.45) is 1.41. The number of benzene rings is 2. The molecular weight excluding hydrogens is 302 g/mol. The van der Waals surface area contributed by atoms with E-state index in [0.29, 0.717) is 11.4 Å². The molecule has 1 amide bonds. The number of para-hydroxylation sites is 2. The van der Waals surface area contributed by atoms with Crippen molar-refractivity contribution in [2.75, 3.05) is 17.7 Å². The van der Waals surface area contributed by atoms with Crippen LogP contribution < -0.4 is 15.4 Å². The Labute approximate surface area is 141 Å². The number of amides is 1. The molecule has 2 aromatic rings. The summed E-state index contributed by atoms with van der Waals surface area (Å²) in [5.41, 5.74) is 3.54. The monoisotopic (exact) mass is 321 g/mol.